The Morgan fingerprint density at radius 1 is 1.11 bits per heavy atom. The summed E-state index contributed by atoms with van der Waals surface area (Å²) in [5.74, 6) is 0.0950. The zero-order valence-corrected chi connectivity index (χ0v) is 20.3. The standard InChI is InChI=1S/C26H18N4O4S2/c31-23-12-5-16-3-1-2-4-20(16)21(23)14-27-18-8-11-22-24(13-18)36-26(29-22)35-15-25(32)28-17-6-9-19(10-7-17)30(33)34/h1-14,31H,15H2,(H,28,32). The molecule has 0 fully saturated rings. The lowest BCUT2D eigenvalue weighted by Crippen LogP contribution is -2.13. The van der Waals surface area contributed by atoms with Crippen molar-refractivity contribution in [1.82, 2.24) is 4.98 Å². The number of aromatic nitrogens is 1. The van der Waals surface area contributed by atoms with Crippen molar-refractivity contribution in [2.45, 2.75) is 4.34 Å². The van der Waals surface area contributed by atoms with Gasteiger partial charge in [0.1, 0.15) is 5.75 Å². The molecule has 0 saturated heterocycles. The number of phenolic OH excluding ortho intramolecular Hbond substituents is 1. The number of benzene rings is 4. The molecule has 4 aromatic carbocycles. The Bertz CT molecular complexity index is 1630. The Labute approximate surface area is 213 Å². The summed E-state index contributed by atoms with van der Waals surface area (Å²) in [6, 6.07) is 22.7. The summed E-state index contributed by atoms with van der Waals surface area (Å²) in [6.45, 7) is 0. The first-order valence-electron chi connectivity index (χ1n) is 10.8. The zero-order valence-electron chi connectivity index (χ0n) is 18.6. The number of nitrogens with one attached hydrogen (secondary N) is 1. The number of non-ortho nitro benzene ring substituents is 1. The molecular formula is C26H18N4O4S2. The number of hydrogen-bond acceptors (Lipinski definition) is 8. The maximum atomic E-state index is 12.3. The van der Waals surface area contributed by atoms with Gasteiger partial charge in [-0.25, -0.2) is 4.98 Å². The Morgan fingerprint density at radius 3 is 2.72 bits per heavy atom. The molecule has 8 nitrogen and oxygen atoms in total. The second-order valence-corrected chi connectivity index (χ2v) is 10.0. The van der Waals surface area contributed by atoms with Crippen LogP contribution in [0, 0.1) is 10.1 Å². The van der Waals surface area contributed by atoms with E-state index in [0.29, 0.717) is 11.3 Å². The number of thioether (sulfide) groups is 1. The highest BCUT2D eigenvalue weighted by Gasteiger charge is 2.10. The number of thiazole rings is 1. The summed E-state index contributed by atoms with van der Waals surface area (Å²) in [5.41, 5.74) is 2.66. The van der Waals surface area contributed by atoms with Crippen LogP contribution >= 0.6 is 23.1 Å². The SMILES string of the molecule is O=C(CSc1nc2ccc(N=Cc3c(O)ccc4ccccc34)cc2s1)Nc1ccc([N+](=O)[O-])cc1. The third-order valence-corrected chi connectivity index (χ3v) is 7.49. The third kappa shape index (κ3) is 5.19. The molecule has 178 valence electrons. The fourth-order valence-electron chi connectivity index (χ4n) is 3.58. The average molecular weight is 515 g/mol. The molecular weight excluding hydrogens is 496 g/mol. The van der Waals surface area contributed by atoms with Crippen LogP contribution in [0.3, 0.4) is 0 Å². The molecule has 0 saturated carbocycles. The number of fused-ring (bicyclic) bond motifs is 2. The second-order valence-electron chi connectivity index (χ2n) is 7.75. The quantitative estimate of drug-likeness (QED) is 0.110. The summed E-state index contributed by atoms with van der Waals surface area (Å²) in [7, 11) is 0. The Kier molecular flexibility index (Phi) is 6.61. The molecule has 0 aliphatic heterocycles. The molecule has 0 spiro atoms. The minimum Gasteiger partial charge on any atom is -0.507 e. The van der Waals surface area contributed by atoms with E-state index in [4.69, 9.17) is 0 Å². The lowest BCUT2D eigenvalue weighted by Gasteiger charge is -2.04. The number of aliphatic imine (C=N–C) groups is 1. The van der Waals surface area contributed by atoms with E-state index in [0.717, 1.165) is 31.0 Å². The van der Waals surface area contributed by atoms with Crippen molar-refractivity contribution in [3.63, 3.8) is 0 Å². The number of nitrogens with zero attached hydrogens (tertiary/aromatic N) is 3. The molecule has 0 radical (unpaired) electrons. The van der Waals surface area contributed by atoms with E-state index in [9.17, 15) is 20.0 Å². The molecule has 10 heteroatoms. The van der Waals surface area contributed by atoms with Crippen molar-refractivity contribution in [1.29, 1.82) is 0 Å². The number of amides is 1. The number of hydrogen-bond donors (Lipinski definition) is 2. The van der Waals surface area contributed by atoms with Crippen LogP contribution in [0.15, 0.2) is 88.2 Å². The molecule has 0 unspecified atom stereocenters. The number of rotatable bonds is 7. The number of carbonyl (C=O) groups excluding carboxylic acids is 1. The summed E-state index contributed by atoms with van der Waals surface area (Å²) in [6.07, 6.45) is 1.66. The van der Waals surface area contributed by atoms with Crippen molar-refractivity contribution in [2.24, 2.45) is 4.99 Å². The molecule has 36 heavy (non-hydrogen) atoms. The summed E-state index contributed by atoms with van der Waals surface area (Å²) >= 11 is 2.78. The molecule has 0 atom stereocenters. The molecule has 1 amide bonds. The van der Waals surface area contributed by atoms with E-state index in [1.165, 1.54) is 47.4 Å². The molecule has 0 bridgehead atoms. The van der Waals surface area contributed by atoms with Crippen molar-refractivity contribution in [2.75, 3.05) is 11.1 Å². The van der Waals surface area contributed by atoms with Gasteiger partial charge < -0.3 is 10.4 Å². The predicted molar refractivity (Wildman–Crippen MR) is 145 cm³/mol. The number of aromatic hydroxyl groups is 1. The summed E-state index contributed by atoms with van der Waals surface area (Å²) in [4.78, 5) is 31.7. The normalized spacial score (nSPS) is 11.3. The molecule has 0 aliphatic rings. The zero-order chi connectivity index (χ0) is 25.1. The molecule has 1 heterocycles. The number of phenols is 1. The largest absolute Gasteiger partial charge is 0.507 e. The van der Waals surface area contributed by atoms with E-state index in [1.54, 1.807) is 12.3 Å². The molecule has 0 aliphatic carbocycles. The minimum atomic E-state index is -0.487. The van der Waals surface area contributed by atoms with Gasteiger partial charge in [0.15, 0.2) is 4.34 Å². The fraction of sp³-hybridized carbons (Fsp3) is 0.0385. The summed E-state index contributed by atoms with van der Waals surface area (Å²) in [5, 5.41) is 25.7. The van der Waals surface area contributed by atoms with Crippen molar-refractivity contribution >= 4 is 73.3 Å². The number of anilines is 1. The van der Waals surface area contributed by atoms with E-state index in [1.807, 2.05) is 48.5 Å². The van der Waals surface area contributed by atoms with Gasteiger partial charge in [0, 0.05) is 29.6 Å². The van der Waals surface area contributed by atoms with Gasteiger partial charge >= 0.3 is 0 Å². The van der Waals surface area contributed by atoms with Crippen LogP contribution in [0.1, 0.15) is 5.56 Å². The highest BCUT2D eigenvalue weighted by atomic mass is 32.2. The number of carbonyl (C=O) groups is 1. The first-order chi connectivity index (χ1) is 17.5. The number of nitro groups is 1. The van der Waals surface area contributed by atoms with Crippen LogP contribution in [0.25, 0.3) is 21.0 Å². The second kappa shape index (κ2) is 10.1. The molecule has 5 aromatic rings. The first kappa shape index (κ1) is 23.5. The van der Waals surface area contributed by atoms with E-state index < -0.39 is 4.92 Å². The van der Waals surface area contributed by atoms with Crippen LogP contribution < -0.4 is 5.32 Å². The van der Waals surface area contributed by atoms with Gasteiger partial charge in [-0.3, -0.25) is 19.9 Å². The van der Waals surface area contributed by atoms with E-state index in [-0.39, 0.29) is 23.1 Å². The van der Waals surface area contributed by atoms with Gasteiger partial charge in [-0.2, -0.15) is 0 Å². The average Bonchev–Trinajstić information content (AvgIpc) is 3.29. The Morgan fingerprint density at radius 2 is 1.92 bits per heavy atom. The molecule has 1 aromatic heterocycles. The monoisotopic (exact) mass is 514 g/mol. The lowest BCUT2D eigenvalue weighted by atomic mass is 10.0. The smallest absolute Gasteiger partial charge is 0.269 e. The Balaban J connectivity index is 1.26. The van der Waals surface area contributed by atoms with Crippen LogP contribution in [0.2, 0.25) is 0 Å². The maximum Gasteiger partial charge on any atom is 0.269 e. The highest BCUT2D eigenvalue weighted by Crippen LogP contribution is 2.32. The topological polar surface area (TPSA) is 118 Å². The van der Waals surface area contributed by atoms with Crippen LogP contribution in [0.4, 0.5) is 17.1 Å². The number of nitro benzene ring substituents is 1. The van der Waals surface area contributed by atoms with Gasteiger partial charge in [0.25, 0.3) is 5.69 Å². The molecule has 5 rings (SSSR count). The predicted octanol–water partition coefficient (Wildman–Crippen LogP) is 6.54. The van der Waals surface area contributed by atoms with Crippen molar-refractivity contribution in [3.8, 4) is 5.75 Å². The maximum absolute atomic E-state index is 12.3. The fourth-order valence-corrected chi connectivity index (χ4v) is 5.49. The first-order valence-corrected chi connectivity index (χ1v) is 12.6. The van der Waals surface area contributed by atoms with Crippen LogP contribution in [-0.4, -0.2) is 32.9 Å². The van der Waals surface area contributed by atoms with Gasteiger partial charge in [-0.05, 0) is 47.2 Å². The lowest BCUT2D eigenvalue weighted by molar-refractivity contribution is -0.384. The van der Waals surface area contributed by atoms with Crippen LogP contribution in [-0.2, 0) is 4.79 Å². The van der Waals surface area contributed by atoms with Gasteiger partial charge in [0.05, 0.1) is 26.6 Å². The van der Waals surface area contributed by atoms with Crippen molar-refractivity contribution in [3.05, 3.63) is 94.5 Å². The van der Waals surface area contributed by atoms with Gasteiger partial charge in [-0.15, -0.1) is 11.3 Å². The highest BCUT2D eigenvalue weighted by molar-refractivity contribution is 8.01. The molecule has 2 N–H and O–H groups in total. The van der Waals surface area contributed by atoms with Gasteiger partial charge in [-0.1, -0.05) is 42.1 Å². The summed E-state index contributed by atoms with van der Waals surface area (Å²) < 4.78 is 1.68. The van der Waals surface area contributed by atoms with Gasteiger partial charge in [0.2, 0.25) is 5.91 Å². The van der Waals surface area contributed by atoms with E-state index >= 15 is 0 Å². The minimum absolute atomic E-state index is 0.0329. The Hall–Kier alpha value is -4.28. The van der Waals surface area contributed by atoms with Crippen molar-refractivity contribution < 1.29 is 14.8 Å². The van der Waals surface area contributed by atoms with Crippen LogP contribution in [0.5, 0.6) is 5.75 Å². The third-order valence-electron chi connectivity index (χ3n) is 5.33. The van der Waals surface area contributed by atoms with E-state index in [2.05, 4.69) is 15.3 Å².